The fraction of sp³-hybridized carbons (Fsp3) is 0.833. The molecule has 0 aromatic rings. The minimum atomic E-state index is -0.839. The molecule has 0 saturated heterocycles. The predicted octanol–water partition coefficient (Wildman–Crippen LogP) is 0.0708. The molecule has 7 nitrogen and oxygen atoms in total. The molecule has 0 saturated carbocycles. The number of nitrogens with one attached hydrogen (secondary N) is 1. The minimum Gasteiger partial charge on any atom is -0.481 e. The summed E-state index contributed by atoms with van der Waals surface area (Å²) in [6.07, 6.45) is 0.546. The minimum absolute atomic E-state index is 0.0807. The number of nitrogens with zero attached hydrogens (tertiary/aromatic N) is 2. The van der Waals surface area contributed by atoms with Gasteiger partial charge >= 0.3 is 12.0 Å². The number of rotatable bonds is 10. The molecule has 0 radical (unpaired) electrons. The fourth-order valence-corrected chi connectivity index (χ4v) is 1.42. The molecule has 0 atom stereocenters. The van der Waals surface area contributed by atoms with Gasteiger partial charge in [0.2, 0.25) is 0 Å². The maximum Gasteiger partial charge on any atom is 0.317 e. The molecule has 0 unspecified atom stereocenters. The zero-order valence-electron chi connectivity index (χ0n) is 12.0. The Labute approximate surface area is 114 Å². The summed E-state index contributed by atoms with van der Waals surface area (Å²) in [6.45, 7) is 3.23. The first-order chi connectivity index (χ1) is 8.97. The molecule has 2 N–H and O–H groups in total. The zero-order valence-corrected chi connectivity index (χ0v) is 12.0. The first kappa shape index (κ1) is 17.7. The van der Waals surface area contributed by atoms with Crippen LogP contribution in [-0.4, -0.2) is 80.9 Å². The molecule has 0 bridgehead atoms. The smallest absolute Gasteiger partial charge is 0.317 e. The number of carbonyl (C=O) groups is 2. The summed E-state index contributed by atoms with van der Waals surface area (Å²) in [7, 11) is 5.27. The van der Waals surface area contributed by atoms with Gasteiger partial charge in [-0.25, -0.2) is 4.79 Å². The summed E-state index contributed by atoms with van der Waals surface area (Å²) >= 11 is 0. The van der Waals surface area contributed by atoms with Gasteiger partial charge in [-0.1, -0.05) is 0 Å². The van der Waals surface area contributed by atoms with Crippen LogP contribution in [0.25, 0.3) is 0 Å². The van der Waals surface area contributed by atoms with E-state index in [0.717, 1.165) is 13.1 Å². The van der Waals surface area contributed by atoms with Crippen LogP contribution >= 0.6 is 0 Å². The van der Waals surface area contributed by atoms with Crippen molar-refractivity contribution in [3.8, 4) is 0 Å². The predicted molar refractivity (Wildman–Crippen MR) is 72.3 cm³/mol. The van der Waals surface area contributed by atoms with Crippen molar-refractivity contribution < 1.29 is 19.4 Å². The van der Waals surface area contributed by atoms with Crippen LogP contribution < -0.4 is 5.32 Å². The Kier molecular flexibility index (Phi) is 9.82. The largest absolute Gasteiger partial charge is 0.481 e. The highest BCUT2D eigenvalue weighted by molar-refractivity contribution is 5.73. The van der Waals surface area contributed by atoms with E-state index in [1.165, 1.54) is 4.90 Å². The summed E-state index contributed by atoms with van der Waals surface area (Å²) < 4.78 is 4.96. The number of ether oxygens (including phenoxy) is 1. The van der Waals surface area contributed by atoms with Gasteiger partial charge in [-0.05, 0) is 13.5 Å². The molecular formula is C12H25N3O4. The highest BCUT2D eigenvalue weighted by atomic mass is 16.5. The Bertz CT molecular complexity index is 274. The number of urea groups is 1. The van der Waals surface area contributed by atoms with Crippen LogP contribution in [0.2, 0.25) is 0 Å². The van der Waals surface area contributed by atoms with Crippen LogP contribution in [0.3, 0.4) is 0 Å². The van der Waals surface area contributed by atoms with Crippen molar-refractivity contribution in [2.45, 2.75) is 12.8 Å². The third kappa shape index (κ3) is 10.3. The number of hydrogen-bond donors (Lipinski definition) is 2. The van der Waals surface area contributed by atoms with Gasteiger partial charge in [0, 0.05) is 46.8 Å². The van der Waals surface area contributed by atoms with E-state index >= 15 is 0 Å². The van der Waals surface area contributed by atoms with Gasteiger partial charge in [0.15, 0.2) is 0 Å². The highest BCUT2D eigenvalue weighted by Crippen LogP contribution is 1.93. The first-order valence-corrected chi connectivity index (χ1v) is 6.35. The van der Waals surface area contributed by atoms with Crippen molar-refractivity contribution in [3.05, 3.63) is 0 Å². The van der Waals surface area contributed by atoms with Gasteiger partial charge in [0.25, 0.3) is 0 Å². The topological polar surface area (TPSA) is 82.1 Å². The van der Waals surface area contributed by atoms with Gasteiger partial charge < -0.3 is 25.0 Å². The van der Waals surface area contributed by atoms with Gasteiger partial charge in [-0.15, -0.1) is 0 Å². The number of carboxylic acid groups (broad SMARTS) is 1. The molecule has 0 aliphatic heterocycles. The third-order valence-electron chi connectivity index (χ3n) is 2.68. The molecule has 0 aromatic heterocycles. The van der Waals surface area contributed by atoms with Crippen molar-refractivity contribution in [3.63, 3.8) is 0 Å². The van der Waals surface area contributed by atoms with E-state index in [1.54, 1.807) is 14.2 Å². The van der Waals surface area contributed by atoms with E-state index in [1.807, 2.05) is 7.05 Å². The summed E-state index contributed by atoms with van der Waals surface area (Å²) in [5.41, 5.74) is 0. The summed E-state index contributed by atoms with van der Waals surface area (Å²) in [5.74, 6) is -0.839. The van der Waals surface area contributed by atoms with Crippen LogP contribution in [0.15, 0.2) is 0 Å². The van der Waals surface area contributed by atoms with Crippen molar-refractivity contribution >= 4 is 12.0 Å². The van der Waals surface area contributed by atoms with Crippen LogP contribution in [0, 0.1) is 0 Å². The number of carbonyl (C=O) groups excluding carboxylic acids is 1. The van der Waals surface area contributed by atoms with Crippen LogP contribution in [0.4, 0.5) is 4.79 Å². The fourth-order valence-electron chi connectivity index (χ4n) is 1.42. The summed E-state index contributed by atoms with van der Waals surface area (Å²) in [5, 5.41) is 11.3. The highest BCUT2D eigenvalue weighted by Gasteiger charge is 2.08. The van der Waals surface area contributed by atoms with Crippen molar-refractivity contribution in [2.24, 2.45) is 0 Å². The molecule has 2 amide bonds. The molecule has 0 heterocycles. The average molecular weight is 275 g/mol. The van der Waals surface area contributed by atoms with Crippen LogP contribution in [0.1, 0.15) is 12.8 Å². The Balaban J connectivity index is 3.64. The van der Waals surface area contributed by atoms with Gasteiger partial charge in [0.1, 0.15) is 0 Å². The number of methoxy groups -OCH3 is 1. The molecule has 0 spiro atoms. The standard InChI is InChI=1S/C12H25N3O4/c1-14(9-10-19-3)8-6-13-12(18)15(2)7-4-5-11(16)17/h4-10H2,1-3H3,(H,13,18)(H,16,17). The second kappa shape index (κ2) is 10.6. The molecule has 19 heavy (non-hydrogen) atoms. The third-order valence-corrected chi connectivity index (χ3v) is 2.68. The number of likely N-dealkylation sites (N-methyl/N-ethyl adjacent to an activating group) is 1. The average Bonchev–Trinajstić information content (AvgIpc) is 2.35. The molecule has 0 fully saturated rings. The maximum absolute atomic E-state index is 11.6. The lowest BCUT2D eigenvalue weighted by molar-refractivity contribution is -0.137. The lowest BCUT2D eigenvalue weighted by Crippen LogP contribution is -2.41. The number of amides is 2. The first-order valence-electron chi connectivity index (χ1n) is 6.35. The Morgan fingerprint density at radius 2 is 1.89 bits per heavy atom. The van der Waals surface area contributed by atoms with E-state index in [2.05, 4.69) is 10.2 Å². The summed E-state index contributed by atoms with van der Waals surface area (Å²) in [6, 6.07) is -0.175. The molecule has 0 aromatic carbocycles. The molecule has 7 heteroatoms. The molecule has 0 aliphatic rings. The van der Waals surface area contributed by atoms with E-state index in [4.69, 9.17) is 9.84 Å². The lowest BCUT2D eigenvalue weighted by Gasteiger charge is -2.20. The van der Waals surface area contributed by atoms with E-state index in [9.17, 15) is 9.59 Å². The van der Waals surface area contributed by atoms with Crippen molar-refractivity contribution in [2.75, 3.05) is 54.0 Å². The van der Waals surface area contributed by atoms with Gasteiger partial charge in [-0.3, -0.25) is 4.79 Å². The normalized spacial score (nSPS) is 10.5. The molecule has 0 aliphatic carbocycles. The lowest BCUT2D eigenvalue weighted by atomic mass is 10.3. The van der Waals surface area contributed by atoms with Gasteiger partial charge in [-0.2, -0.15) is 0 Å². The monoisotopic (exact) mass is 275 g/mol. The second-order valence-electron chi connectivity index (χ2n) is 4.45. The maximum atomic E-state index is 11.6. The Hall–Kier alpha value is -1.34. The quantitative estimate of drug-likeness (QED) is 0.589. The number of aliphatic carboxylic acids is 1. The summed E-state index contributed by atoms with van der Waals surface area (Å²) in [4.78, 5) is 25.5. The molecule has 112 valence electrons. The van der Waals surface area contributed by atoms with Crippen molar-refractivity contribution in [1.29, 1.82) is 0 Å². The van der Waals surface area contributed by atoms with Crippen molar-refractivity contribution in [1.82, 2.24) is 15.1 Å². The van der Waals surface area contributed by atoms with E-state index < -0.39 is 5.97 Å². The van der Waals surface area contributed by atoms with E-state index in [0.29, 0.717) is 26.1 Å². The SMILES string of the molecule is COCCN(C)CCNC(=O)N(C)CCCC(=O)O. The van der Waals surface area contributed by atoms with Crippen LogP contribution in [-0.2, 0) is 9.53 Å². The molecule has 0 rings (SSSR count). The Morgan fingerprint density at radius 3 is 2.47 bits per heavy atom. The second-order valence-corrected chi connectivity index (χ2v) is 4.45. The number of carboxylic acids is 1. The number of hydrogen-bond acceptors (Lipinski definition) is 4. The van der Waals surface area contributed by atoms with Gasteiger partial charge in [0.05, 0.1) is 6.61 Å². The zero-order chi connectivity index (χ0) is 14.7. The van der Waals surface area contributed by atoms with E-state index in [-0.39, 0.29) is 12.5 Å². The van der Waals surface area contributed by atoms with Crippen LogP contribution in [0.5, 0.6) is 0 Å². The Morgan fingerprint density at radius 1 is 1.21 bits per heavy atom. The molecular weight excluding hydrogens is 250 g/mol.